The van der Waals surface area contributed by atoms with Gasteiger partial charge in [0.05, 0.1) is 4.91 Å². The predicted molar refractivity (Wildman–Crippen MR) is 102 cm³/mol. The summed E-state index contributed by atoms with van der Waals surface area (Å²) in [5.74, 6) is 1.38. The van der Waals surface area contributed by atoms with Gasteiger partial charge in [-0.25, -0.2) is 0 Å². The lowest BCUT2D eigenvalue weighted by atomic mass is 10.2. The lowest BCUT2D eigenvalue weighted by Gasteiger charge is -2.11. The second-order valence-corrected chi connectivity index (χ2v) is 7.64. The van der Waals surface area contributed by atoms with E-state index in [9.17, 15) is 4.79 Å². The Balaban J connectivity index is 1.84. The molecule has 23 heavy (non-hydrogen) atoms. The zero-order valence-electron chi connectivity index (χ0n) is 12.4. The average Bonchev–Trinajstić information content (AvgIpc) is 3.09. The Bertz CT molecular complexity index is 797. The van der Waals surface area contributed by atoms with Crippen LogP contribution in [0.15, 0.2) is 50.2 Å². The molecule has 0 spiro atoms. The van der Waals surface area contributed by atoms with Crippen LogP contribution in [0.3, 0.4) is 0 Å². The van der Waals surface area contributed by atoms with Gasteiger partial charge in [0.2, 0.25) is 0 Å². The fourth-order valence-corrected chi connectivity index (χ4v) is 3.96. The fraction of sp³-hybridized carbons (Fsp3) is 0.176. The summed E-state index contributed by atoms with van der Waals surface area (Å²) in [6, 6.07) is 11.7. The molecule has 0 unspecified atom stereocenters. The van der Waals surface area contributed by atoms with Gasteiger partial charge in [-0.1, -0.05) is 59.0 Å². The summed E-state index contributed by atoms with van der Waals surface area (Å²) in [4.78, 5) is 14.6. The summed E-state index contributed by atoms with van der Waals surface area (Å²) < 4.78 is 7.45. The van der Waals surface area contributed by atoms with Crippen molar-refractivity contribution in [1.82, 2.24) is 4.90 Å². The van der Waals surface area contributed by atoms with Crippen molar-refractivity contribution in [2.75, 3.05) is 6.54 Å². The van der Waals surface area contributed by atoms with E-state index in [0.717, 1.165) is 22.2 Å². The van der Waals surface area contributed by atoms with Gasteiger partial charge in [0.25, 0.3) is 5.91 Å². The molecule has 1 amide bonds. The lowest BCUT2D eigenvalue weighted by Crippen LogP contribution is -2.28. The molecule has 1 saturated heterocycles. The minimum Gasteiger partial charge on any atom is -0.457 e. The first kappa shape index (κ1) is 16.5. The van der Waals surface area contributed by atoms with E-state index in [2.05, 4.69) is 15.9 Å². The van der Waals surface area contributed by atoms with E-state index < -0.39 is 0 Å². The number of nitrogens with zero attached hydrogens (tertiary/aromatic N) is 1. The number of thiocarbonyl (C=S) groups is 1. The molecule has 6 heteroatoms. The van der Waals surface area contributed by atoms with Crippen molar-refractivity contribution in [3.63, 3.8) is 0 Å². The molecule has 0 radical (unpaired) electrons. The maximum absolute atomic E-state index is 12.3. The SMILES string of the molecule is CCCN1C(=O)C(=Cc2ccc(-c3cccc(Br)c3)o2)SC1=S. The zero-order chi connectivity index (χ0) is 16.4. The summed E-state index contributed by atoms with van der Waals surface area (Å²) in [6.07, 6.45) is 2.64. The topological polar surface area (TPSA) is 33.5 Å². The predicted octanol–water partition coefficient (Wildman–Crippen LogP) is 5.32. The first-order valence-electron chi connectivity index (χ1n) is 7.19. The van der Waals surface area contributed by atoms with Crippen LogP contribution in [0.4, 0.5) is 0 Å². The van der Waals surface area contributed by atoms with E-state index in [-0.39, 0.29) is 5.91 Å². The van der Waals surface area contributed by atoms with E-state index in [4.69, 9.17) is 16.6 Å². The molecule has 0 N–H and O–H groups in total. The van der Waals surface area contributed by atoms with Gasteiger partial charge in [-0.3, -0.25) is 9.69 Å². The van der Waals surface area contributed by atoms with E-state index in [0.29, 0.717) is 21.5 Å². The standard InChI is InChI=1S/C17H14BrNO2S2/c1-2-8-19-16(20)15(23-17(19)22)10-13-6-7-14(21-13)11-4-3-5-12(18)9-11/h3-7,9-10H,2,8H2,1H3. The fourth-order valence-electron chi connectivity index (χ4n) is 2.27. The molecule has 1 aliphatic heterocycles. The van der Waals surface area contributed by atoms with Gasteiger partial charge in [0.1, 0.15) is 15.8 Å². The number of carbonyl (C=O) groups excluding carboxylic acids is 1. The highest BCUT2D eigenvalue weighted by atomic mass is 79.9. The number of furan rings is 1. The number of halogens is 1. The molecule has 1 fully saturated rings. The van der Waals surface area contributed by atoms with Crippen LogP contribution in [0.5, 0.6) is 0 Å². The molecule has 3 nitrogen and oxygen atoms in total. The maximum Gasteiger partial charge on any atom is 0.266 e. The highest BCUT2D eigenvalue weighted by molar-refractivity contribution is 9.10. The van der Waals surface area contributed by atoms with Gasteiger partial charge in [-0.15, -0.1) is 0 Å². The Labute approximate surface area is 152 Å². The van der Waals surface area contributed by atoms with E-state index in [1.54, 1.807) is 11.0 Å². The van der Waals surface area contributed by atoms with Crippen LogP contribution in [-0.4, -0.2) is 21.7 Å². The summed E-state index contributed by atoms with van der Waals surface area (Å²) in [5.41, 5.74) is 0.984. The number of amides is 1. The molecular formula is C17H14BrNO2S2. The van der Waals surface area contributed by atoms with Crippen LogP contribution in [0.2, 0.25) is 0 Å². The van der Waals surface area contributed by atoms with Crippen LogP contribution >= 0.6 is 39.9 Å². The van der Waals surface area contributed by atoms with Crippen molar-refractivity contribution in [2.45, 2.75) is 13.3 Å². The van der Waals surface area contributed by atoms with Gasteiger partial charge in [-0.2, -0.15) is 0 Å². The van der Waals surface area contributed by atoms with Crippen molar-refractivity contribution in [3.8, 4) is 11.3 Å². The Morgan fingerprint density at radius 1 is 1.35 bits per heavy atom. The third-order valence-corrected chi connectivity index (χ3v) is 5.20. The number of rotatable bonds is 4. The van der Waals surface area contributed by atoms with Gasteiger partial charge in [0, 0.05) is 22.7 Å². The summed E-state index contributed by atoms with van der Waals surface area (Å²) in [5, 5.41) is 0. The van der Waals surface area contributed by atoms with E-state index >= 15 is 0 Å². The third-order valence-electron chi connectivity index (χ3n) is 3.33. The molecule has 3 rings (SSSR count). The van der Waals surface area contributed by atoms with Crippen molar-refractivity contribution in [1.29, 1.82) is 0 Å². The van der Waals surface area contributed by atoms with Crippen molar-refractivity contribution in [2.24, 2.45) is 0 Å². The normalized spacial score (nSPS) is 16.6. The second-order valence-electron chi connectivity index (χ2n) is 5.05. The van der Waals surface area contributed by atoms with Crippen LogP contribution in [0.1, 0.15) is 19.1 Å². The Morgan fingerprint density at radius 3 is 2.91 bits per heavy atom. The maximum atomic E-state index is 12.3. The van der Waals surface area contributed by atoms with Crippen molar-refractivity contribution in [3.05, 3.63) is 51.5 Å². The molecule has 1 aromatic carbocycles. The molecule has 0 atom stereocenters. The molecular weight excluding hydrogens is 394 g/mol. The van der Waals surface area contributed by atoms with E-state index in [1.807, 2.05) is 43.3 Å². The first-order chi connectivity index (χ1) is 11.1. The van der Waals surface area contributed by atoms with Crippen LogP contribution in [0.25, 0.3) is 17.4 Å². The number of hydrogen-bond acceptors (Lipinski definition) is 4. The Hall–Kier alpha value is -1.37. The first-order valence-corrected chi connectivity index (χ1v) is 9.21. The lowest BCUT2D eigenvalue weighted by molar-refractivity contribution is -0.122. The summed E-state index contributed by atoms with van der Waals surface area (Å²) >= 11 is 10.0. The highest BCUT2D eigenvalue weighted by Crippen LogP contribution is 2.33. The molecule has 2 heterocycles. The highest BCUT2D eigenvalue weighted by Gasteiger charge is 2.31. The number of hydrogen-bond donors (Lipinski definition) is 0. The zero-order valence-corrected chi connectivity index (χ0v) is 15.6. The second kappa shape index (κ2) is 7.03. The Kier molecular flexibility index (Phi) is 5.04. The number of benzene rings is 1. The van der Waals surface area contributed by atoms with Crippen LogP contribution in [0, 0.1) is 0 Å². The van der Waals surface area contributed by atoms with Gasteiger partial charge >= 0.3 is 0 Å². The van der Waals surface area contributed by atoms with Crippen molar-refractivity contribution < 1.29 is 9.21 Å². The molecule has 0 aliphatic carbocycles. The minimum absolute atomic E-state index is 0.0396. The van der Waals surface area contributed by atoms with Crippen molar-refractivity contribution >= 4 is 56.2 Å². The average molecular weight is 408 g/mol. The van der Waals surface area contributed by atoms with Crippen LogP contribution < -0.4 is 0 Å². The van der Waals surface area contributed by atoms with Gasteiger partial charge in [-0.05, 0) is 30.7 Å². The molecule has 0 saturated carbocycles. The minimum atomic E-state index is -0.0396. The van der Waals surface area contributed by atoms with Gasteiger partial charge < -0.3 is 4.42 Å². The largest absolute Gasteiger partial charge is 0.457 e. The number of thioether (sulfide) groups is 1. The van der Waals surface area contributed by atoms with Gasteiger partial charge in [0.15, 0.2) is 0 Å². The molecule has 1 aliphatic rings. The van der Waals surface area contributed by atoms with E-state index in [1.165, 1.54) is 11.8 Å². The van der Waals surface area contributed by atoms with Crippen LogP contribution in [-0.2, 0) is 4.79 Å². The summed E-state index contributed by atoms with van der Waals surface area (Å²) in [7, 11) is 0. The number of carbonyl (C=O) groups is 1. The molecule has 1 aromatic heterocycles. The Morgan fingerprint density at radius 2 is 2.17 bits per heavy atom. The molecule has 118 valence electrons. The molecule has 0 bridgehead atoms. The molecule has 2 aromatic rings. The quantitative estimate of drug-likeness (QED) is 0.507. The smallest absolute Gasteiger partial charge is 0.266 e. The summed E-state index contributed by atoms with van der Waals surface area (Å²) in [6.45, 7) is 2.68. The monoisotopic (exact) mass is 407 g/mol. The third kappa shape index (κ3) is 3.59.